The summed E-state index contributed by atoms with van der Waals surface area (Å²) < 4.78 is 7.79. The number of nitrogens with two attached hydrogens (primary N) is 1. The second kappa shape index (κ2) is 9.04. The molecular weight excluding hydrogens is 473 g/mol. The zero-order valence-electron chi connectivity index (χ0n) is 18.7. The van der Waals surface area contributed by atoms with Gasteiger partial charge < -0.3 is 15.1 Å². The van der Waals surface area contributed by atoms with Gasteiger partial charge >= 0.3 is 6.01 Å². The third-order valence-electron chi connectivity index (χ3n) is 5.64. The Balaban J connectivity index is 1.53. The molecule has 0 amide bonds. The van der Waals surface area contributed by atoms with Gasteiger partial charge in [-0.3, -0.25) is 10.00 Å². The molecule has 34 heavy (non-hydrogen) atoms. The molecule has 1 atom stereocenters. The molecule has 0 spiro atoms. The number of allylic oxidation sites excluding steroid dienone is 1. The molecule has 0 bridgehead atoms. The maximum Gasteiger partial charge on any atom is 0.302 e. The van der Waals surface area contributed by atoms with Crippen LogP contribution in [0.25, 0.3) is 11.1 Å². The average molecular weight is 496 g/mol. The quantitative estimate of drug-likeness (QED) is 0.336. The van der Waals surface area contributed by atoms with Gasteiger partial charge in [0.1, 0.15) is 11.6 Å². The van der Waals surface area contributed by atoms with E-state index in [0.717, 1.165) is 23.4 Å². The Morgan fingerprint density at radius 1 is 1.21 bits per heavy atom. The number of halogens is 2. The first-order valence-corrected chi connectivity index (χ1v) is 11.6. The minimum atomic E-state index is -0.309. The van der Waals surface area contributed by atoms with E-state index in [1.165, 1.54) is 0 Å². The summed E-state index contributed by atoms with van der Waals surface area (Å²) in [4.78, 5) is 11.5. The molecule has 8 nitrogen and oxygen atoms in total. The molecule has 0 saturated carbocycles. The number of guanidine groups is 1. The van der Waals surface area contributed by atoms with Crippen molar-refractivity contribution in [2.24, 2.45) is 4.99 Å². The first kappa shape index (κ1) is 22.3. The summed E-state index contributed by atoms with van der Waals surface area (Å²) in [6, 6.07) is 10.9. The monoisotopic (exact) mass is 495 g/mol. The highest BCUT2D eigenvalue weighted by Gasteiger charge is 2.26. The number of fused-ring (bicyclic) bond motifs is 1. The number of rotatable bonds is 5. The molecule has 2 aromatic heterocycles. The first-order valence-electron chi connectivity index (χ1n) is 10.8. The summed E-state index contributed by atoms with van der Waals surface area (Å²) in [5.41, 5.74) is 10.7. The smallest absolute Gasteiger partial charge is 0.302 e. The Bertz CT molecular complexity index is 1420. The highest BCUT2D eigenvalue weighted by molar-refractivity contribution is 6.35. The van der Waals surface area contributed by atoms with Crippen molar-refractivity contribution in [1.82, 2.24) is 19.7 Å². The van der Waals surface area contributed by atoms with Crippen LogP contribution in [-0.4, -0.2) is 25.6 Å². The van der Waals surface area contributed by atoms with Crippen LogP contribution in [0, 0.1) is 0 Å². The summed E-state index contributed by atoms with van der Waals surface area (Å²) in [5.74, 6) is 0.574. The number of para-hydroxylation sites is 1. The Kier molecular flexibility index (Phi) is 5.93. The average Bonchev–Trinajstić information content (AvgIpc) is 3.43. The lowest BCUT2D eigenvalue weighted by Crippen LogP contribution is -2.37. The van der Waals surface area contributed by atoms with E-state index in [1.807, 2.05) is 48.3 Å². The van der Waals surface area contributed by atoms with Crippen molar-refractivity contribution in [3.63, 3.8) is 0 Å². The van der Waals surface area contributed by atoms with E-state index in [1.54, 1.807) is 12.1 Å². The maximum atomic E-state index is 6.50. The Hall–Kier alpha value is -3.49. The summed E-state index contributed by atoms with van der Waals surface area (Å²) in [7, 11) is 0. The topological polar surface area (TPSA) is 97.5 Å². The van der Waals surface area contributed by atoms with Gasteiger partial charge in [-0.25, -0.2) is 4.99 Å². The van der Waals surface area contributed by atoms with Crippen LogP contribution in [0.5, 0.6) is 0 Å². The molecule has 1 unspecified atom stereocenters. The van der Waals surface area contributed by atoms with Crippen molar-refractivity contribution >= 4 is 52.0 Å². The van der Waals surface area contributed by atoms with Crippen LogP contribution in [0.3, 0.4) is 0 Å². The number of nitrogen functional groups attached to an aromatic ring is 1. The number of hydrogen-bond acceptors (Lipinski definition) is 7. The molecule has 3 heterocycles. The lowest BCUT2D eigenvalue weighted by atomic mass is 10.0. The summed E-state index contributed by atoms with van der Waals surface area (Å²) >= 11 is 12.6. The van der Waals surface area contributed by atoms with E-state index >= 15 is 0 Å². The van der Waals surface area contributed by atoms with E-state index in [0.29, 0.717) is 45.4 Å². The fraction of sp³-hybridized carbons (Fsp3) is 0.208. The van der Waals surface area contributed by atoms with Crippen molar-refractivity contribution in [3.8, 4) is 0 Å². The normalized spacial score (nSPS) is 16.0. The van der Waals surface area contributed by atoms with E-state index in [2.05, 4.69) is 33.3 Å². The maximum absolute atomic E-state index is 6.50. The highest BCUT2D eigenvalue weighted by Crippen LogP contribution is 2.34. The summed E-state index contributed by atoms with van der Waals surface area (Å²) in [5, 5.41) is 8.77. The van der Waals surface area contributed by atoms with Crippen LogP contribution >= 0.6 is 23.2 Å². The van der Waals surface area contributed by atoms with Gasteiger partial charge in [-0.1, -0.05) is 35.3 Å². The predicted molar refractivity (Wildman–Crippen MR) is 136 cm³/mol. The minimum absolute atomic E-state index is 0.302. The molecule has 0 saturated heterocycles. The molecule has 0 fully saturated rings. The number of anilines is 2. The van der Waals surface area contributed by atoms with Gasteiger partial charge in [-0.05, 0) is 49.8 Å². The van der Waals surface area contributed by atoms with Gasteiger partial charge in [0.25, 0.3) is 0 Å². The SMILES string of the molecule is CCn1cc(CN2C(C)=CC(c3ccc(Cl)cc3Cl)N=C2Nc2nc3cccc(N)c3o2)cn1. The van der Waals surface area contributed by atoms with E-state index in [9.17, 15) is 0 Å². The van der Waals surface area contributed by atoms with Crippen molar-refractivity contribution < 1.29 is 4.42 Å². The largest absolute Gasteiger partial charge is 0.421 e. The second-order valence-corrected chi connectivity index (χ2v) is 8.84. The van der Waals surface area contributed by atoms with Gasteiger partial charge in [0.05, 0.1) is 18.4 Å². The standard InChI is InChI=1S/C24H23Cl2N7O/c1-3-32-12-15(11-28-32)13-33-14(2)9-21(17-8-7-16(25)10-18(17)26)29-23(33)31-24-30-20-6-4-5-19(27)22(20)34-24/h4-12,21H,3,13,27H2,1-2H3,(H,29,30,31). The second-order valence-electron chi connectivity index (χ2n) is 8.00. The van der Waals surface area contributed by atoms with Crippen molar-refractivity contribution in [3.05, 3.63) is 81.7 Å². The lowest BCUT2D eigenvalue weighted by Gasteiger charge is -2.31. The number of aryl methyl sites for hydroxylation is 1. The Labute approximate surface area is 206 Å². The molecule has 10 heteroatoms. The molecule has 0 aliphatic carbocycles. The van der Waals surface area contributed by atoms with Crippen LogP contribution in [0.2, 0.25) is 10.0 Å². The zero-order chi connectivity index (χ0) is 23.8. The number of oxazole rings is 1. The van der Waals surface area contributed by atoms with Crippen LogP contribution in [0.15, 0.2) is 70.0 Å². The summed E-state index contributed by atoms with van der Waals surface area (Å²) in [6.45, 7) is 5.45. The van der Waals surface area contributed by atoms with Crippen LogP contribution < -0.4 is 11.1 Å². The number of nitrogens with zero attached hydrogens (tertiary/aromatic N) is 5. The fourth-order valence-electron chi connectivity index (χ4n) is 3.89. The number of benzene rings is 2. The van der Waals surface area contributed by atoms with Gasteiger partial charge in [-0.15, -0.1) is 0 Å². The highest BCUT2D eigenvalue weighted by atomic mass is 35.5. The molecule has 5 rings (SSSR count). The van der Waals surface area contributed by atoms with E-state index in [-0.39, 0.29) is 6.04 Å². The molecule has 1 aliphatic rings. The van der Waals surface area contributed by atoms with Crippen LogP contribution in [0.1, 0.15) is 31.0 Å². The van der Waals surface area contributed by atoms with Gasteiger partial charge in [0, 0.05) is 34.0 Å². The molecule has 4 aromatic rings. The lowest BCUT2D eigenvalue weighted by molar-refractivity contribution is 0.482. The zero-order valence-corrected chi connectivity index (χ0v) is 20.2. The van der Waals surface area contributed by atoms with Crippen LogP contribution in [-0.2, 0) is 13.1 Å². The minimum Gasteiger partial charge on any atom is -0.421 e. The van der Waals surface area contributed by atoms with Crippen molar-refractivity contribution in [1.29, 1.82) is 0 Å². The molecular formula is C24H23Cl2N7O. The Morgan fingerprint density at radius 2 is 2.06 bits per heavy atom. The van der Waals surface area contributed by atoms with Crippen molar-refractivity contribution in [2.45, 2.75) is 33.0 Å². The number of nitrogens with one attached hydrogen (secondary N) is 1. The molecule has 174 valence electrons. The number of aliphatic imine (C=N–C) groups is 1. The van der Waals surface area contributed by atoms with Gasteiger partial charge in [0.2, 0.25) is 5.96 Å². The molecule has 2 aromatic carbocycles. The van der Waals surface area contributed by atoms with E-state index in [4.69, 9.17) is 38.3 Å². The van der Waals surface area contributed by atoms with Crippen LogP contribution in [0.4, 0.5) is 11.7 Å². The predicted octanol–water partition coefficient (Wildman–Crippen LogP) is 5.86. The fourth-order valence-corrected chi connectivity index (χ4v) is 4.41. The van der Waals surface area contributed by atoms with Crippen molar-refractivity contribution in [2.75, 3.05) is 11.1 Å². The number of hydrogen-bond donors (Lipinski definition) is 2. The van der Waals surface area contributed by atoms with E-state index < -0.39 is 0 Å². The third kappa shape index (κ3) is 4.34. The number of aromatic nitrogens is 3. The van der Waals surface area contributed by atoms with Gasteiger partial charge in [0.15, 0.2) is 5.58 Å². The molecule has 0 radical (unpaired) electrons. The summed E-state index contributed by atoms with van der Waals surface area (Å²) in [6.07, 6.45) is 5.94. The van der Waals surface area contributed by atoms with Gasteiger partial charge in [-0.2, -0.15) is 10.1 Å². The molecule has 1 aliphatic heterocycles. The first-order chi connectivity index (χ1) is 16.4. The molecule has 3 N–H and O–H groups in total. The Morgan fingerprint density at radius 3 is 2.79 bits per heavy atom. The third-order valence-corrected chi connectivity index (χ3v) is 6.20.